The number of hydrogen-bond acceptors (Lipinski definition) is 4. The number of nitrogens with one attached hydrogen (secondary N) is 1. The first kappa shape index (κ1) is 23.5. The van der Waals surface area contributed by atoms with Gasteiger partial charge in [0.25, 0.3) is 0 Å². The summed E-state index contributed by atoms with van der Waals surface area (Å²) >= 11 is 3.31. The zero-order chi connectivity index (χ0) is 23.3. The predicted octanol–water partition coefficient (Wildman–Crippen LogP) is 6.46. The summed E-state index contributed by atoms with van der Waals surface area (Å²) in [7, 11) is 2.96. The van der Waals surface area contributed by atoms with Crippen molar-refractivity contribution in [2.24, 2.45) is 0 Å². The van der Waals surface area contributed by atoms with Crippen molar-refractivity contribution < 1.29 is 32.2 Å². The van der Waals surface area contributed by atoms with Crippen LogP contribution < -0.4 is 19.5 Å². The van der Waals surface area contributed by atoms with Gasteiger partial charge in [0, 0.05) is 4.47 Å². The molecule has 0 atom stereocenters. The van der Waals surface area contributed by atoms with Gasteiger partial charge in [-0.25, -0.2) is 0 Å². The van der Waals surface area contributed by atoms with Gasteiger partial charge in [-0.2, -0.15) is 13.2 Å². The highest BCUT2D eigenvalue weighted by Gasteiger charge is 2.31. The normalized spacial score (nSPS) is 11.1. The van der Waals surface area contributed by atoms with E-state index in [1.54, 1.807) is 42.5 Å². The molecule has 0 bridgehead atoms. The molecule has 0 saturated heterocycles. The van der Waals surface area contributed by atoms with E-state index in [1.165, 1.54) is 20.3 Å². The summed E-state index contributed by atoms with van der Waals surface area (Å²) in [6, 6.07) is 14.6. The molecule has 0 aliphatic carbocycles. The van der Waals surface area contributed by atoms with Gasteiger partial charge in [0.05, 0.1) is 31.9 Å². The van der Waals surface area contributed by atoms with Crippen LogP contribution in [0, 0.1) is 0 Å². The van der Waals surface area contributed by atoms with Crippen molar-refractivity contribution in [2.45, 2.75) is 12.6 Å². The molecule has 0 radical (unpaired) electrons. The van der Waals surface area contributed by atoms with Crippen LogP contribution in [0.15, 0.2) is 65.1 Å². The van der Waals surface area contributed by atoms with E-state index in [4.69, 9.17) is 14.2 Å². The molecule has 0 aliphatic rings. The van der Waals surface area contributed by atoms with Crippen LogP contribution in [0.25, 0.3) is 0 Å². The molecular formula is C23H19BrF3NO4. The highest BCUT2D eigenvalue weighted by Crippen LogP contribution is 2.37. The quantitative estimate of drug-likeness (QED) is 0.397. The smallest absolute Gasteiger partial charge is 0.416 e. The summed E-state index contributed by atoms with van der Waals surface area (Å²) in [6.07, 6.45) is -4.66. The van der Waals surface area contributed by atoms with E-state index in [2.05, 4.69) is 21.2 Å². The maximum Gasteiger partial charge on any atom is 0.416 e. The fourth-order valence-corrected chi connectivity index (χ4v) is 3.16. The first-order valence-electron chi connectivity index (χ1n) is 9.35. The lowest BCUT2D eigenvalue weighted by atomic mass is 10.1. The monoisotopic (exact) mass is 509 g/mol. The first-order valence-corrected chi connectivity index (χ1v) is 10.1. The SMILES string of the molecule is COc1ccc(CC(=O)Nc2cc(C(F)(F)F)ccc2Oc2ccc(Br)cc2)cc1OC. The largest absolute Gasteiger partial charge is 0.493 e. The highest BCUT2D eigenvalue weighted by atomic mass is 79.9. The van der Waals surface area contributed by atoms with Gasteiger partial charge in [-0.05, 0) is 60.2 Å². The minimum absolute atomic E-state index is 0.0842. The van der Waals surface area contributed by atoms with Gasteiger partial charge in [-0.3, -0.25) is 4.79 Å². The van der Waals surface area contributed by atoms with E-state index in [0.29, 0.717) is 22.8 Å². The zero-order valence-electron chi connectivity index (χ0n) is 17.1. The summed E-state index contributed by atoms with van der Waals surface area (Å²) in [5, 5.41) is 2.52. The topological polar surface area (TPSA) is 56.8 Å². The first-order chi connectivity index (χ1) is 15.2. The van der Waals surface area contributed by atoms with E-state index < -0.39 is 17.6 Å². The minimum Gasteiger partial charge on any atom is -0.493 e. The second kappa shape index (κ2) is 9.95. The van der Waals surface area contributed by atoms with Crippen molar-refractivity contribution in [2.75, 3.05) is 19.5 Å². The standard InChI is InChI=1S/C23H19BrF3NO4/c1-30-20-9-3-14(11-21(20)31-2)12-22(29)28-18-13-15(23(25,26)27)4-10-19(18)32-17-7-5-16(24)6-8-17/h3-11,13H,12H2,1-2H3,(H,28,29). The van der Waals surface area contributed by atoms with E-state index in [1.807, 2.05) is 0 Å². The molecule has 1 N–H and O–H groups in total. The molecule has 32 heavy (non-hydrogen) atoms. The highest BCUT2D eigenvalue weighted by molar-refractivity contribution is 9.10. The molecule has 3 rings (SSSR count). The molecule has 0 saturated carbocycles. The van der Waals surface area contributed by atoms with E-state index in [-0.39, 0.29) is 17.9 Å². The zero-order valence-corrected chi connectivity index (χ0v) is 18.7. The number of methoxy groups -OCH3 is 2. The van der Waals surface area contributed by atoms with Crippen LogP contribution in [0.5, 0.6) is 23.0 Å². The molecule has 0 spiro atoms. The number of alkyl halides is 3. The Bertz CT molecular complexity index is 1100. The van der Waals surface area contributed by atoms with Gasteiger partial charge in [-0.15, -0.1) is 0 Å². The van der Waals surface area contributed by atoms with Crippen molar-refractivity contribution in [3.05, 3.63) is 76.3 Å². The van der Waals surface area contributed by atoms with Gasteiger partial charge in [0.15, 0.2) is 17.2 Å². The van der Waals surface area contributed by atoms with Crippen molar-refractivity contribution in [3.63, 3.8) is 0 Å². The molecule has 3 aromatic rings. The average Bonchev–Trinajstić information content (AvgIpc) is 2.75. The molecule has 3 aromatic carbocycles. The van der Waals surface area contributed by atoms with Gasteiger partial charge < -0.3 is 19.5 Å². The molecule has 9 heteroatoms. The molecule has 0 aromatic heterocycles. The van der Waals surface area contributed by atoms with Gasteiger partial charge in [-0.1, -0.05) is 22.0 Å². The molecule has 0 fully saturated rings. The number of carbonyl (C=O) groups is 1. The summed E-state index contributed by atoms with van der Waals surface area (Å²) < 4.78 is 56.6. The third-order valence-corrected chi connectivity index (χ3v) is 4.96. The number of hydrogen-bond donors (Lipinski definition) is 1. The molecule has 0 aliphatic heterocycles. The van der Waals surface area contributed by atoms with Crippen molar-refractivity contribution in [1.82, 2.24) is 0 Å². The number of halogens is 4. The fourth-order valence-electron chi connectivity index (χ4n) is 2.89. The average molecular weight is 510 g/mol. The van der Waals surface area contributed by atoms with Crippen LogP contribution in [0.1, 0.15) is 11.1 Å². The molecule has 0 heterocycles. The Morgan fingerprint density at radius 3 is 2.19 bits per heavy atom. The molecule has 5 nitrogen and oxygen atoms in total. The number of rotatable bonds is 7. The van der Waals surface area contributed by atoms with Crippen LogP contribution in [0.3, 0.4) is 0 Å². The van der Waals surface area contributed by atoms with Crippen LogP contribution in [-0.2, 0) is 17.4 Å². The van der Waals surface area contributed by atoms with E-state index >= 15 is 0 Å². The third-order valence-electron chi connectivity index (χ3n) is 4.44. The summed E-state index contributed by atoms with van der Waals surface area (Å²) in [6.45, 7) is 0. The van der Waals surface area contributed by atoms with Crippen LogP contribution in [0.2, 0.25) is 0 Å². The Balaban J connectivity index is 1.85. The van der Waals surface area contributed by atoms with Crippen LogP contribution in [0.4, 0.5) is 18.9 Å². The van der Waals surface area contributed by atoms with Crippen LogP contribution >= 0.6 is 15.9 Å². The van der Waals surface area contributed by atoms with Crippen LogP contribution in [-0.4, -0.2) is 20.1 Å². The lowest BCUT2D eigenvalue weighted by Crippen LogP contribution is -2.16. The second-order valence-corrected chi connectivity index (χ2v) is 7.59. The van der Waals surface area contributed by atoms with Gasteiger partial charge in [0.1, 0.15) is 5.75 Å². The Morgan fingerprint density at radius 2 is 1.56 bits per heavy atom. The molecule has 1 amide bonds. The number of carbonyl (C=O) groups excluding carboxylic acids is 1. The third kappa shape index (κ3) is 5.94. The van der Waals surface area contributed by atoms with E-state index in [0.717, 1.165) is 16.6 Å². The van der Waals surface area contributed by atoms with Crippen molar-refractivity contribution in [3.8, 4) is 23.0 Å². The summed E-state index contributed by atoms with van der Waals surface area (Å²) in [4.78, 5) is 12.6. The van der Waals surface area contributed by atoms with Gasteiger partial charge >= 0.3 is 6.18 Å². The molecule has 168 valence electrons. The fraction of sp³-hybridized carbons (Fsp3) is 0.174. The Labute approximate surface area is 191 Å². The summed E-state index contributed by atoms with van der Waals surface area (Å²) in [5.74, 6) is 0.914. The number of amides is 1. The maximum atomic E-state index is 13.2. The van der Waals surface area contributed by atoms with E-state index in [9.17, 15) is 18.0 Å². The Morgan fingerprint density at radius 1 is 0.906 bits per heavy atom. The predicted molar refractivity (Wildman–Crippen MR) is 118 cm³/mol. The maximum absolute atomic E-state index is 13.2. The van der Waals surface area contributed by atoms with Crippen molar-refractivity contribution >= 4 is 27.5 Å². The lowest BCUT2D eigenvalue weighted by Gasteiger charge is -2.16. The Kier molecular flexibility index (Phi) is 7.29. The molecule has 0 unspecified atom stereocenters. The second-order valence-electron chi connectivity index (χ2n) is 6.68. The Hall–Kier alpha value is -3.20. The number of ether oxygens (including phenoxy) is 3. The summed E-state index contributed by atoms with van der Waals surface area (Å²) in [5.41, 5.74) is -0.391. The number of benzene rings is 3. The minimum atomic E-state index is -4.57. The van der Waals surface area contributed by atoms with Crippen molar-refractivity contribution in [1.29, 1.82) is 0 Å². The van der Waals surface area contributed by atoms with Gasteiger partial charge in [0.2, 0.25) is 5.91 Å². The lowest BCUT2D eigenvalue weighted by molar-refractivity contribution is -0.137. The number of anilines is 1. The molecular weight excluding hydrogens is 491 g/mol.